The number of benzene rings is 1. The minimum Gasteiger partial charge on any atom is -0.324 e. The predicted octanol–water partition coefficient (Wildman–Crippen LogP) is 3.22. The van der Waals surface area contributed by atoms with Gasteiger partial charge in [0.05, 0.1) is 0 Å². The van der Waals surface area contributed by atoms with E-state index in [-0.39, 0.29) is 6.04 Å². The summed E-state index contributed by atoms with van der Waals surface area (Å²) in [6.45, 7) is 0. The minimum atomic E-state index is 0.220. The molecule has 78 valence electrons. The van der Waals surface area contributed by atoms with E-state index in [9.17, 15) is 0 Å². The third kappa shape index (κ3) is 4.16. The maximum Gasteiger partial charge on any atom is 0.0294 e. The van der Waals surface area contributed by atoms with Gasteiger partial charge in [0.25, 0.3) is 0 Å². The Hall–Kier alpha value is -0.470. The highest BCUT2D eigenvalue weighted by atomic mass is 32.2. The molecule has 1 unspecified atom stereocenters. The average molecular weight is 209 g/mol. The first-order valence-electron chi connectivity index (χ1n) is 5.14. The van der Waals surface area contributed by atoms with Crippen LogP contribution < -0.4 is 5.73 Å². The second kappa shape index (κ2) is 6.91. The Morgan fingerprint density at radius 3 is 2.57 bits per heavy atom. The number of rotatable bonds is 6. The predicted molar refractivity (Wildman–Crippen MR) is 65.6 cm³/mol. The second-order valence-electron chi connectivity index (χ2n) is 3.51. The van der Waals surface area contributed by atoms with Gasteiger partial charge >= 0.3 is 0 Å². The number of thioether (sulfide) groups is 1. The van der Waals surface area contributed by atoms with Crippen molar-refractivity contribution in [3.63, 3.8) is 0 Å². The van der Waals surface area contributed by atoms with Crippen molar-refractivity contribution in [1.82, 2.24) is 0 Å². The van der Waals surface area contributed by atoms with Gasteiger partial charge in [0.15, 0.2) is 0 Å². The van der Waals surface area contributed by atoms with E-state index in [1.807, 2.05) is 17.8 Å². The van der Waals surface area contributed by atoms with Crippen LogP contribution in [0.4, 0.5) is 0 Å². The van der Waals surface area contributed by atoms with E-state index in [0.717, 1.165) is 6.42 Å². The van der Waals surface area contributed by atoms with Crippen LogP contribution in [0.5, 0.6) is 0 Å². The Labute approximate surface area is 91.1 Å². The van der Waals surface area contributed by atoms with Gasteiger partial charge in [-0.25, -0.2) is 0 Å². The summed E-state index contributed by atoms with van der Waals surface area (Å²) in [6, 6.07) is 10.6. The van der Waals surface area contributed by atoms with E-state index in [0.29, 0.717) is 0 Å². The summed E-state index contributed by atoms with van der Waals surface area (Å²) in [5, 5.41) is 0. The Balaban J connectivity index is 2.25. The van der Waals surface area contributed by atoms with Crippen molar-refractivity contribution in [1.29, 1.82) is 0 Å². The quantitative estimate of drug-likeness (QED) is 0.728. The monoisotopic (exact) mass is 209 g/mol. The van der Waals surface area contributed by atoms with E-state index in [1.54, 1.807) is 0 Å². The van der Waals surface area contributed by atoms with Crippen LogP contribution in [-0.2, 0) is 0 Å². The van der Waals surface area contributed by atoms with Crippen molar-refractivity contribution in [2.75, 3.05) is 12.0 Å². The van der Waals surface area contributed by atoms with Gasteiger partial charge in [0.2, 0.25) is 0 Å². The molecule has 0 aromatic heterocycles. The molecule has 0 aliphatic heterocycles. The fourth-order valence-corrected chi connectivity index (χ4v) is 1.97. The van der Waals surface area contributed by atoms with Gasteiger partial charge in [-0.15, -0.1) is 0 Å². The van der Waals surface area contributed by atoms with Gasteiger partial charge in [0.1, 0.15) is 0 Å². The molecule has 0 amide bonds. The van der Waals surface area contributed by atoms with Gasteiger partial charge in [-0.1, -0.05) is 36.8 Å². The molecule has 0 heterocycles. The molecule has 0 aliphatic carbocycles. The fraction of sp³-hybridized carbons (Fsp3) is 0.500. The van der Waals surface area contributed by atoms with Crippen LogP contribution in [-0.4, -0.2) is 12.0 Å². The van der Waals surface area contributed by atoms with Crippen LogP contribution in [0.1, 0.15) is 30.9 Å². The van der Waals surface area contributed by atoms with Crippen LogP contribution in [0.3, 0.4) is 0 Å². The largest absolute Gasteiger partial charge is 0.324 e. The minimum absolute atomic E-state index is 0.220. The molecule has 1 rings (SSSR count). The lowest BCUT2D eigenvalue weighted by Gasteiger charge is -2.11. The summed E-state index contributed by atoms with van der Waals surface area (Å²) in [6.07, 6.45) is 5.76. The highest BCUT2D eigenvalue weighted by Crippen LogP contribution is 2.16. The highest BCUT2D eigenvalue weighted by molar-refractivity contribution is 7.98. The zero-order valence-corrected chi connectivity index (χ0v) is 9.59. The topological polar surface area (TPSA) is 26.0 Å². The molecule has 0 saturated carbocycles. The fourth-order valence-electron chi connectivity index (χ4n) is 1.48. The summed E-state index contributed by atoms with van der Waals surface area (Å²) >= 11 is 1.91. The summed E-state index contributed by atoms with van der Waals surface area (Å²) in [5.41, 5.74) is 7.33. The molecule has 1 atom stereocenters. The van der Waals surface area contributed by atoms with E-state index >= 15 is 0 Å². The van der Waals surface area contributed by atoms with Gasteiger partial charge in [-0.2, -0.15) is 11.8 Å². The van der Waals surface area contributed by atoms with E-state index in [2.05, 4.69) is 30.5 Å². The first kappa shape index (κ1) is 11.6. The third-order valence-corrected chi connectivity index (χ3v) is 3.04. The molecule has 2 N–H and O–H groups in total. The zero-order chi connectivity index (χ0) is 10.2. The van der Waals surface area contributed by atoms with Crippen LogP contribution >= 0.6 is 11.8 Å². The molecule has 1 nitrogen and oxygen atoms in total. The Bertz CT molecular complexity index is 235. The summed E-state index contributed by atoms with van der Waals surface area (Å²) in [4.78, 5) is 0. The lowest BCUT2D eigenvalue weighted by atomic mass is 10.0. The second-order valence-corrected chi connectivity index (χ2v) is 4.49. The molecular formula is C12H19NS. The van der Waals surface area contributed by atoms with E-state index < -0.39 is 0 Å². The van der Waals surface area contributed by atoms with Crippen molar-refractivity contribution < 1.29 is 0 Å². The number of hydrogen-bond donors (Lipinski definition) is 1. The Morgan fingerprint density at radius 1 is 1.21 bits per heavy atom. The van der Waals surface area contributed by atoms with E-state index in [1.165, 1.54) is 24.2 Å². The SMILES string of the molecule is CSCCCCC(N)c1ccccc1. The van der Waals surface area contributed by atoms with Crippen LogP contribution in [0.15, 0.2) is 30.3 Å². The van der Waals surface area contributed by atoms with Crippen LogP contribution in [0.2, 0.25) is 0 Å². The van der Waals surface area contributed by atoms with Crippen molar-refractivity contribution in [3.05, 3.63) is 35.9 Å². The average Bonchev–Trinajstić information content (AvgIpc) is 2.25. The lowest BCUT2D eigenvalue weighted by molar-refractivity contribution is 0.606. The number of nitrogens with two attached hydrogens (primary N) is 1. The number of hydrogen-bond acceptors (Lipinski definition) is 2. The summed E-state index contributed by atoms with van der Waals surface area (Å²) in [5.74, 6) is 1.25. The smallest absolute Gasteiger partial charge is 0.0294 e. The number of unbranched alkanes of at least 4 members (excludes halogenated alkanes) is 1. The third-order valence-electron chi connectivity index (χ3n) is 2.34. The molecule has 0 spiro atoms. The maximum absolute atomic E-state index is 6.07. The molecule has 1 aromatic rings. The van der Waals surface area contributed by atoms with Crippen molar-refractivity contribution in [2.24, 2.45) is 5.73 Å². The molecule has 0 radical (unpaired) electrons. The van der Waals surface area contributed by atoms with Gasteiger partial charge in [-0.3, -0.25) is 0 Å². The Kier molecular flexibility index (Phi) is 5.72. The molecule has 2 heteroatoms. The van der Waals surface area contributed by atoms with Gasteiger partial charge < -0.3 is 5.73 Å². The Morgan fingerprint density at radius 2 is 1.93 bits per heavy atom. The molecule has 0 bridgehead atoms. The van der Waals surface area contributed by atoms with Crippen LogP contribution in [0, 0.1) is 0 Å². The molecular weight excluding hydrogens is 190 g/mol. The molecule has 14 heavy (non-hydrogen) atoms. The van der Waals surface area contributed by atoms with Gasteiger partial charge in [-0.05, 0) is 30.4 Å². The summed E-state index contributed by atoms with van der Waals surface area (Å²) < 4.78 is 0. The normalized spacial score (nSPS) is 12.7. The highest BCUT2D eigenvalue weighted by Gasteiger charge is 2.03. The molecule has 1 aromatic carbocycles. The first-order valence-corrected chi connectivity index (χ1v) is 6.53. The summed E-state index contributed by atoms with van der Waals surface area (Å²) in [7, 11) is 0. The maximum atomic E-state index is 6.07. The first-order chi connectivity index (χ1) is 6.84. The van der Waals surface area contributed by atoms with Crippen LogP contribution in [0.25, 0.3) is 0 Å². The van der Waals surface area contributed by atoms with Crippen molar-refractivity contribution in [2.45, 2.75) is 25.3 Å². The lowest BCUT2D eigenvalue weighted by Crippen LogP contribution is -2.09. The molecule has 0 fully saturated rings. The molecule has 0 saturated heterocycles. The van der Waals surface area contributed by atoms with Crippen molar-refractivity contribution in [3.8, 4) is 0 Å². The molecule has 0 aliphatic rings. The van der Waals surface area contributed by atoms with Crippen molar-refractivity contribution >= 4 is 11.8 Å². The standard InChI is InChI=1S/C12H19NS/c1-14-10-6-5-9-12(13)11-7-3-2-4-8-11/h2-4,7-8,12H,5-6,9-10,13H2,1H3. The zero-order valence-electron chi connectivity index (χ0n) is 8.78. The van der Waals surface area contributed by atoms with E-state index in [4.69, 9.17) is 5.73 Å². The van der Waals surface area contributed by atoms with Gasteiger partial charge in [0, 0.05) is 6.04 Å².